The van der Waals surface area contributed by atoms with Gasteiger partial charge in [0.15, 0.2) is 0 Å². The Hall–Kier alpha value is -5.81. The van der Waals surface area contributed by atoms with Gasteiger partial charge in [0.2, 0.25) is 5.91 Å². The fraction of sp³-hybridized carbons (Fsp3) is 0.293. The second kappa shape index (κ2) is 22.1. The zero-order valence-electron chi connectivity index (χ0n) is 28.9. The van der Waals surface area contributed by atoms with Crippen molar-refractivity contribution in [3.63, 3.8) is 0 Å². The summed E-state index contributed by atoms with van der Waals surface area (Å²) in [6, 6.07) is 34.5. The summed E-state index contributed by atoms with van der Waals surface area (Å²) >= 11 is 0. The monoisotopic (exact) mass is 708 g/mol. The molecule has 0 aliphatic carbocycles. The molecule has 0 bridgehead atoms. The summed E-state index contributed by atoms with van der Waals surface area (Å²) in [6.07, 6.45) is -0.169. The maximum absolute atomic E-state index is 13.1. The summed E-state index contributed by atoms with van der Waals surface area (Å²) in [7, 11) is 0. The Labute approximate surface area is 303 Å². The van der Waals surface area contributed by atoms with E-state index in [1.807, 2.05) is 121 Å². The number of rotatable bonds is 21. The lowest BCUT2D eigenvalue weighted by molar-refractivity contribution is -0.154. The highest BCUT2D eigenvalue weighted by Crippen LogP contribution is 2.10. The van der Waals surface area contributed by atoms with Crippen molar-refractivity contribution >= 4 is 29.8 Å². The summed E-state index contributed by atoms with van der Waals surface area (Å²) in [5.41, 5.74) is 3.20. The number of carbonyl (C=O) groups is 5. The van der Waals surface area contributed by atoms with Crippen molar-refractivity contribution < 1.29 is 42.9 Å². The van der Waals surface area contributed by atoms with Crippen LogP contribution in [0.25, 0.3) is 0 Å². The Morgan fingerprint density at radius 2 is 0.885 bits per heavy atom. The minimum absolute atomic E-state index is 0.00393. The average Bonchev–Trinajstić information content (AvgIpc) is 3.18. The highest BCUT2D eigenvalue weighted by atomic mass is 16.5. The number of hydrogen-bond donors (Lipinski definition) is 2. The summed E-state index contributed by atoms with van der Waals surface area (Å²) in [6.45, 7) is 0.364. The first-order chi connectivity index (χ1) is 25.4. The van der Waals surface area contributed by atoms with Gasteiger partial charge in [0.1, 0.15) is 38.5 Å². The molecule has 0 saturated carbocycles. The van der Waals surface area contributed by atoms with Gasteiger partial charge in [-0.25, -0.2) is 4.79 Å². The van der Waals surface area contributed by atoms with Gasteiger partial charge in [0, 0.05) is 12.8 Å². The quantitative estimate of drug-likeness (QED) is 0.0660. The van der Waals surface area contributed by atoms with E-state index >= 15 is 0 Å². The Balaban J connectivity index is 1.28. The number of carbonyl (C=O) groups excluding carboxylic acids is 5. The Kier molecular flexibility index (Phi) is 16.6. The van der Waals surface area contributed by atoms with Crippen molar-refractivity contribution in [1.82, 2.24) is 10.6 Å². The van der Waals surface area contributed by atoms with Crippen molar-refractivity contribution in [3.8, 4) is 0 Å². The molecule has 0 radical (unpaired) electrons. The molecule has 0 heterocycles. The molecule has 2 atom stereocenters. The topological polar surface area (TPSA) is 146 Å². The molecule has 0 aromatic heterocycles. The number of nitrogens with one attached hydrogen (secondary N) is 2. The summed E-state index contributed by atoms with van der Waals surface area (Å²) in [4.78, 5) is 64.3. The average molecular weight is 709 g/mol. The van der Waals surface area contributed by atoms with E-state index in [1.165, 1.54) is 0 Å². The lowest BCUT2D eigenvalue weighted by Crippen LogP contribution is -2.43. The number of amides is 1. The van der Waals surface area contributed by atoms with E-state index in [4.69, 9.17) is 18.9 Å². The van der Waals surface area contributed by atoms with Gasteiger partial charge >= 0.3 is 23.9 Å². The molecule has 11 heteroatoms. The lowest BCUT2D eigenvalue weighted by Gasteiger charge is -2.19. The van der Waals surface area contributed by atoms with Crippen LogP contribution >= 0.6 is 0 Å². The zero-order chi connectivity index (χ0) is 36.8. The van der Waals surface area contributed by atoms with Crippen LogP contribution < -0.4 is 10.6 Å². The molecular weight excluding hydrogens is 664 g/mol. The molecule has 4 rings (SSSR count). The second-order valence-electron chi connectivity index (χ2n) is 12.0. The number of ether oxygens (including phenoxy) is 4. The first-order valence-electron chi connectivity index (χ1n) is 17.2. The number of esters is 4. The zero-order valence-corrected chi connectivity index (χ0v) is 28.9. The fourth-order valence-corrected chi connectivity index (χ4v) is 4.97. The normalized spacial score (nSPS) is 11.8. The van der Waals surface area contributed by atoms with Gasteiger partial charge in [-0.3, -0.25) is 19.2 Å². The minimum Gasteiger partial charge on any atom is -0.461 e. The largest absolute Gasteiger partial charge is 0.461 e. The minimum atomic E-state index is -1.09. The third kappa shape index (κ3) is 15.0. The molecule has 0 unspecified atom stereocenters. The van der Waals surface area contributed by atoms with Gasteiger partial charge in [-0.2, -0.15) is 0 Å². The molecule has 0 aliphatic rings. The highest BCUT2D eigenvalue weighted by Gasteiger charge is 2.26. The van der Waals surface area contributed by atoms with Crippen LogP contribution in [0.1, 0.15) is 54.4 Å². The SMILES string of the molecule is O=C(CCCN[C@@H](CC(=O)OCc1ccccc1)C(=O)OCc1ccccc1)N[C@@H](CCC(=O)OCc1ccccc1)C(=O)OCc1ccccc1. The van der Waals surface area contributed by atoms with Crippen LogP contribution in [-0.4, -0.2) is 48.4 Å². The highest BCUT2D eigenvalue weighted by molar-refractivity contribution is 5.85. The van der Waals surface area contributed by atoms with E-state index in [0.29, 0.717) is 0 Å². The van der Waals surface area contributed by atoms with E-state index in [1.54, 1.807) is 0 Å². The third-order valence-corrected chi connectivity index (χ3v) is 7.82. The first kappa shape index (κ1) is 39.0. The smallest absolute Gasteiger partial charge is 0.328 e. The molecule has 0 saturated heterocycles. The van der Waals surface area contributed by atoms with Crippen LogP contribution in [0.5, 0.6) is 0 Å². The molecule has 272 valence electrons. The summed E-state index contributed by atoms with van der Waals surface area (Å²) in [5, 5.41) is 5.70. The molecule has 52 heavy (non-hydrogen) atoms. The van der Waals surface area contributed by atoms with Crippen molar-refractivity contribution in [2.75, 3.05) is 6.54 Å². The molecule has 0 aliphatic heterocycles. The van der Waals surface area contributed by atoms with Gasteiger partial charge in [0.25, 0.3) is 0 Å². The maximum Gasteiger partial charge on any atom is 0.328 e. The Bertz CT molecular complexity index is 1690. The lowest BCUT2D eigenvalue weighted by atomic mass is 10.1. The van der Waals surface area contributed by atoms with Crippen LogP contribution in [0.15, 0.2) is 121 Å². The van der Waals surface area contributed by atoms with Crippen LogP contribution in [-0.2, 0) is 69.3 Å². The van der Waals surface area contributed by atoms with Crippen LogP contribution in [0.4, 0.5) is 0 Å². The van der Waals surface area contributed by atoms with Gasteiger partial charge in [0.05, 0.1) is 6.42 Å². The van der Waals surface area contributed by atoms with Crippen LogP contribution in [0, 0.1) is 0 Å². The maximum atomic E-state index is 13.1. The van der Waals surface area contributed by atoms with Gasteiger partial charge < -0.3 is 29.6 Å². The van der Waals surface area contributed by atoms with E-state index < -0.39 is 41.9 Å². The standard InChI is InChI=1S/C41H44N2O9/c44-37(43-35(40(47)51-29-33-18-9-3-10-19-33)23-24-38(45)49-27-31-14-5-1-6-15-31)22-13-25-42-36(41(48)52-30-34-20-11-4-12-21-34)26-39(46)50-28-32-16-7-2-8-17-32/h1-12,14-21,35-36,42H,13,22-30H2,(H,43,44)/t35-,36-/m0/s1. The first-order valence-corrected chi connectivity index (χ1v) is 17.2. The predicted octanol–water partition coefficient (Wildman–Crippen LogP) is 5.35. The van der Waals surface area contributed by atoms with Crippen molar-refractivity contribution in [2.45, 2.75) is 70.6 Å². The van der Waals surface area contributed by atoms with Gasteiger partial charge in [-0.1, -0.05) is 121 Å². The molecule has 0 fully saturated rings. The molecule has 4 aromatic carbocycles. The molecule has 4 aromatic rings. The molecule has 2 N–H and O–H groups in total. The van der Waals surface area contributed by atoms with Gasteiger partial charge in [-0.15, -0.1) is 0 Å². The second-order valence-corrected chi connectivity index (χ2v) is 12.0. The van der Waals surface area contributed by atoms with Crippen LogP contribution in [0.2, 0.25) is 0 Å². The molecule has 1 amide bonds. The predicted molar refractivity (Wildman–Crippen MR) is 192 cm³/mol. The summed E-state index contributed by atoms with van der Waals surface area (Å²) < 4.78 is 21.7. The van der Waals surface area contributed by atoms with Gasteiger partial charge in [-0.05, 0) is 41.6 Å². The van der Waals surface area contributed by atoms with Crippen LogP contribution in [0.3, 0.4) is 0 Å². The Morgan fingerprint density at radius 1 is 0.481 bits per heavy atom. The Morgan fingerprint density at radius 3 is 1.35 bits per heavy atom. The van der Waals surface area contributed by atoms with E-state index in [2.05, 4.69) is 10.6 Å². The molecule has 0 spiro atoms. The van der Waals surface area contributed by atoms with Crippen molar-refractivity contribution in [1.29, 1.82) is 0 Å². The van der Waals surface area contributed by atoms with E-state index in [-0.39, 0.29) is 65.1 Å². The molecular formula is C41H44N2O9. The van der Waals surface area contributed by atoms with E-state index in [9.17, 15) is 24.0 Å². The fourth-order valence-electron chi connectivity index (χ4n) is 4.97. The summed E-state index contributed by atoms with van der Waals surface area (Å²) in [5.74, 6) is -2.87. The third-order valence-electron chi connectivity index (χ3n) is 7.82. The van der Waals surface area contributed by atoms with E-state index in [0.717, 1.165) is 22.3 Å². The van der Waals surface area contributed by atoms with Crippen molar-refractivity contribution in [3.05, 3.63) is 144 Å². The number of hydrogen-bond acceptors (Lipinski definition) is 10. The number of benzene rings is 4. The molecule has 11 nitrogen and oxygen atoms in total. The van der Waals surface area contributed by atoms with Crippen molar-refractivity contribution in [2.24, 2.45) is 0 Å².